The van der Waals surface area contributed by atoms with Crippen LogP contribution in [-0.2, 0) is 13.1 Å². The molecule has 2 aromatic rings. The van der Waals surface area contributed by atoms with Gasteiger partial charge < -0.3 is 19.8 Å². The predicted molar refractivity (Wildman–Crippen MR) is 97.9 cm³/mol. The number of nitrogens with one attached hydrogen (secondary N) is 2. The van der Waals surface area contributed by atoms with Gasteiger partial charge in [0.25, 0.3) is 0 Å². The number of methoxy groups -OCH3 is 1. The van der Waals surface area contributed by atoms with Crippen LogP contribution in [0.2, 0.25) is 0 Å². The zero-order valence-electron chi connectivity index (χ0n) is 15.9. The van der Waals surface area contributed by atoms with Gasteiger partial charge in [-0.1, -0.05) is 0 Å². The lowest BCUT2D eigenvalue weighted by Gasteiger charge is -2.12. The number of guanidine groups is 1. The van der Waals surface area contributed by atoms with E-state index in [4.69, 9.17) is 9.15 Å². The summed E-state index contributed by atoms with van der Waals surface area (Å²) in [7, 11) is 1.67. The van der Waals surface area contributed by atoms with Gasteiger partial charge in [-0.15, -0.1) is 0 Å². The van der Waals surface area contributed by atoms with Crippen molar-refractivity contribution in [3.8, 4) is 5.75 Å². The fourth-order valence-corrected chi connectivity index (χ4v) is 2.50. The lowest BCUT2D eigenvalue weighted by molar-refractivity contribution is 0.407. The first-order chi connectivity index (χ1) is 12.0. The topological polar surface area (TPSA) is 84.6 Å². The number of pyridine rings is 1. The summed E-state index contributed by atoms with van der Waals surface area (Å²) in [6.07, 6.45) is 1.81. The molecule has 136 valence electrons. The number of hydrogen-bond donors (Lipinski definition) is 2. The molecule has 0 aromatic carbocycles. The maximum absolute atomic E-state index is 5.58. The van der Waals surface area contributed by atoms with Gasteiger partial charge >= 0.3 is 0 Å². The molecule has 0 amide bonds. The van der Waals surface area contributed by atoms with Gasteiger partial charge in [0.2, 0.25) is 5.89 Å². The molecule has 0 aliphatic heterocycles. The maximum atomic E-state index is 5.58. The Morgan fingerprint density at radius 2 is 2.00 bits per heavy atom. The summed E-state index contributed by atoms with van der Waals surface area (Å²) in [4.78, 5) is 13.4. The maximum Gasteiger partial charge on any atom is 0.214 e. The monoisotopic (exact) mass is 345 g/mol. The highest BCUT2D eigenvalue weighted by atomic mass is 16.5. The largest absolute Gasteiger partial charge is 0.496 e. The van der Waals surface area contributed by atoms with Crippen LogP contribution in [0.1, 0.15) is 41.1 Å². The van der Waals surface area contributed by atoms with E-state index in [1.165, 1.54) is 0 Å². The summed E-state index contributed by atoms with van der Waals surface area (Å²) in [6, 6.07) is 0. The summed E-state index contributed by atoms with van der Waals surface area (Å²) in [5, 5.41) is 6.45. The van der Waals surface area contributed by atoms with Crippen molar-refractivity contribution < 1.29 is 9.15 Å². The van der Waals surface area contributed by atoms with E-state index >= 15 is 0 Å². The molecule has 2 rings (SSSR count). The van der Waals surface area contributed by atoms with Crippen molar-refractivity contribution in [2.24, 2.45) is 4.99 Å². The summed E-state index contributed by atoms with van der Waals surface area (Å²) < 4.78 is 11.0. The fourth-order valence-electron chi connectivity index (χ4n) is 2.50. The van der Waals surface area contributed by atoms with Crippen molar-refractivity contribution in [3.63, 3.8) is 0 Å². The molecule has 0 saturated heterocycles. The number of rotatable bonds is 6. The minimum Gasteiger partial charge on any atom is -0.496 e. The number of ether oxygens (including phenoxy) is 1. The molecule has 0 unspecified atom stereocenters. The quantitative estimate of drug-likeness (QED) is 0.618. The number of aliphatic imine (C=N–C) groups is 1. The van der Waals surface area contributed by atoms with Crippen LogP contribution < -0.4 is 15.4 Å². The van der Waals surface area contributed by atoms with Gasteiger partial charge in [-0.25, -0.2) is 9.98 Å². The summed E-state index contributed by atoms with van der Waals surface area (Å²) in [5.74, 6) is 3.04. The molecule has 7 heteroatoms. The average molecular weight is 345 g/mol. The predicted octanol–water partition coefficient (Wildman–Crippen LogP) is 2.57. The third-order valence-electron chi connectivity index (χ3n) is 3.96. The Hall–Kier alpha value is -2.57. The third-order valence-corrected chi connectivity index (χ3v) is 3.96. The van der Waals surface area contributed by atoms with Crippen molar-refractivity contribution in [1.29, 1.82) is 0 Å². The summed E-state index contributed by atoms with van der Waals surface area (Å²) in [5.41, 5.74) is 3.83. The number of hydrogen-bond acceptors (Lipinski definition) is 5. The van der Waals surface area contributed by atoms with E-state index in [1.54, 1.807) is 7.11 Å². The summed E-state index contributed by atoms with van der Waals surface area (Å²) in [6.45, 7) is 11.5. The molecular weight excluding hydrogens is 318 g/mol. The van der Waals surface area contributed by atoms with Gasteiger partial charge in [0.1, 0.15) is 11.5 Å². The smallest absolute Gasteiger partial charge is 0.214 e. The number of aromatic nitrogens is 2. The van der Waals surface area contributed by atoms with Crippen molar-refractivity contribution in [2.45, 2.75) is 47.7 Å². The molecule has 7 nitrogen and oxygen atoms in total. The number of nitrogens with zero attached hydrogens (tertiary/aromatic N) is 3. The molecule has 2 aromatic heterocycles. The third kappa shape index (κ3) is 4.71. The minimum absolute atomic E-state index is 0.460. The normalized spacial score (nSPS) is 11.5. The minimum atomic E-state index is 0.460. The van der Waals surface area contributed by atoms with Crippen LogP contribution >= 0.6 is 0 Å². The average Bonchev–Trinajstić information content (AvgIpc) is 2.90. The standard InChI is InChI=1S/C18H27N5O2/c1-7-19-18(22-10-16-23-13(4)14(5)25-16)21-9-15-12(3)17(24-6)11(2)8-20-15/h8H,7,9-10H2,1-6H3,(H2,19,21,22). The highest BCUT2D eigenvalue weighted by Gasteiger charge is 2.10. The van der Waals surface area contributed by atoms with Gasteiger partial charge in [0.15, 0.2) is 5.96 Å². The first-order valence-corrected chi connectivity index (χ1v) is 8.40. The van der Waals surface area contributed by atoms with Crippen LogP contribution in [-0.4, -0.2) is 29.6 Å². The highest BCUT2D eigenvalue weighted by molar-refractivity contribution is 5.79. The Morgan fingerprint density at radius 1 is 1.24 bits per heavy atom. The van der Waals surface area contributed by atoms with Crippen LogP contribution in [0, 0.1) is 27.7 Å². The second-order valence-corrected chi connectivity index (χ2v) is 5.84. The molecule has 2 heterocycles. The second kappa shape index (κ2) is 8.50. The van der Waals surface area contributed by atoms with E-state index in [9.17, 15) is 0 Å². The van der Waals surface area contributed by atoms with Gasteiger partial charge in [-0.05, 0) is 34.6 Å². The molecular formula is C18H27N5O2. The number of oxazole rings is 1. The highest BCUT2D eigenvalue weighted by Crippen LogP contribution is 2.24. The molecule has 0 saturated carbocycles. The van der Waals surface area contributed by atoms with Gasteiger partial charge in [-0.2, -0.15) is 0 Å². The Bertz CT molecular complexity index is 733. The van der Waals surface area contributed by atoms with Crippen LogP contribution in [0.5, 0.6) is 5.75 Å². The van der Waals surface area contributed by atoms with Crippen LogP contribution in [0.25, 0.3) is 0 Å². The molecule has 25 heavy (non-hydrogen) atoms. The lowest BCUT2D eigenvalue weighted by atomic mass is 10.1. The Labute approximate surface area is 148 Å². The molecule has 0 aliphatic rings. The van der Waals surface area contributed by atoms with E-state index < -0.39 is 0 Å². The van der Waals surface area contributed by atoms with Crippen molar-refractivity contribution in [2.75, 3.05) is 13.7 Å². The molecule has 0 bridgehead atoms. The number of aryl methyl sites for hydroxylation is 3. The van der Waals surface area contributed by atoms with Gasteiger partial charge in [-0.3, -0.25) is 4.98 Å². The SMILES string of the molecule is CCNC(=NCc1ncc(C)c(OC)c1C)NCc1nc(C)c(C)o1. The van der Waals surface area contributed by atoms with Gasteiger partial charge in [0.05, 0.1) is 31.6 Å². The Balaban J connectivity index is 2.09. The second-order valence-electron chi connectivity index (χ2n) is 5.84. The van der Waals surface area contributed by atoms with E-state index in [-0.39, 0.29) is 0 Å². The Kier molecular flexibility index (Phi) is 6.38. The molecule has 0 aliphatic carbocycles. The van der Waals surface area contributed by atoms with E-state index in [1.807, 2.05) is 40.8 Å². The first-order valence-electron chi connectivity index (χ1n) is 8.40. The van der Waals surface area contributed by atoms with Crippen LogP contribution in [0.4, 0.5) is 0 Å². The molecule has 0 spiro atoms. The van der Waals surface area contributed by atoms with E-state index in [0.717, 1.165) is 40.6 Å². The lowest BCUT2D eigenvalue weighted by Crippen LogP contribution is -2.36. The van der Waals surface area contributed by atoms with E-state index in [2.05, 4.69) is 25.6 Å². The van der Waals surface area contributed by atoms with Gasteiger partial charge in [0, 0.05) is 23.9 Å². The zero-order chi connectivity index (χ0) is 18.4. The van der Waals surface area contributed by atoms with Crippen molar-refractivity contribution in [3.05, 3.63) is 40.4 Å². The fraction of sp³-hybridized carbons (Fsp3) is 0.500. The Morgan fingerprint density at radius 3 is 2.60 bits per heavy atom. The molecule has 2 N–H and O–H groups in total. The first kappa shape index (κ1) is 18.8. The van der Waals surface area contributed by atoms with Crippen molar-refractivity contribution in [1.82, 2.24) is 20.6 Å². The van der Waals surface area contributed by atoms with Crippen molar-refractivity contribution >= 4 is 5.96 Å². The zero-order valence-corrected chi connectivity index (χ0v) is 15.9. The molecule has 0 fully saturated rings. The van der Waals surface area contributed by atoms with Crippen LogP contribution in [0.3, 0.4) is 0 Å². The van der Waals surface area contributed by atoms with Crippen LogP contribution in [0.15, 0.2) is 15.6 Å². The molecule has 0 radical (unpaired) electrons. The summed E-state index contributed by atoms with van der Waals surface area (Å²) >= 11 is 0. The van der Waals surface area contributed by atoms with E-state index in [0.29, 0.717) is 24.9 Å². The molecule has 0 atom stereocenters.